The molecule has 3 aliphatic rings. The number of hydrogen-bond donors (Lipinski definition) is 1. The van der Waals surface area contributed by atoms with Crippen molar-refractivity contribution in [1.29, 1.82) is 0 Å². The molecule has 0 unspecified atom stereocenters. The fourth-order valence-corrected chi connectivity index (χ4v) is 6.81. The Morgan fingerprint density at radius 1 is 0.478 bits per heavy atom. The standard InChI is InChI=1S/C22H40S/c23-22(16-19-10-4-1-5-11-19,17-20-12-6-2-7-13-20)18-21-14-8-3-9-15-21/h19-21,23H,1-18H2. The number of rotatable bonds is 6. The van der Waals surface area contributed by atoms with Gasteiger partial charge in [0.15, 0.2) is 0 Å². The van der Waals surface area contributed by atoms with Gasteiger partial charge in [0.2, 0.25) is 0 Å². The minimum Gasteiger partial charge on any atom is -0.172 e. The van der Waals surface area contributed by atoms with Gasteiger partial charge < -0.3 is 0 Å². The molecule has 23 heavy (non-hydrogen) atoms. The zero-order chi connectivity index (χ0) is 16.0. The van der Waals surface area contributed by atoms with Crippen LogP contribution in [-0.4, -0.2) is 4.75 Å². The summed E-state index contributed by atoms with van der Waals surface area (Å²) in [5.41, 5.74) is 0. The van der Waals surface area contributed by atoms with Gasteiger partial charge in [-0.2, -0.15) is 12.6 Å². The maximum Gasteiger partial charge on any atom is 0.0137 e. The molecule has 0 saturated heterocycles. The Bertz CT molecular complexity index is 269. The van der Waals surface area contributed by atoms with Crippen molar-refractivity contribution in [3.8, 4) is 0 Å². The molecule has 0 bridgehead atoms. The van der Waals surface area contributed by atoms with E-state index in [1.54, 1.807) is 0 Å². The van der Waals surface area contributed by atoms with E-state index in [1.807, 2.05) is 0 Å². The number of thiol groups is 1. The Labute approximate surface area is 151 Å². The van der Waals surface area contributed by atoms with Crippen molar-refractivity contribution in [2.24, 2.45) is 17.8 Å². The molecule has 3 fully saturated rings. The fraction of sp³-hybridized carbons (Fsp3) is 1.00. The minimum atomic E-state index is 0.367. The van der Waals surface area contributed by atoms with E-state index in [0.717, 1.165) is 17.8 Å². The van der Waals surface area contributed by atoms with Crippen LogP contribution < -0.4 is 0 Å². The molecule has 0 aliphatic heterocycles. The Morgan fingerprint density at radius 2 is 0.739 bits per heavy atom. The first-order valence-electron chi connectivity index (χ1n) is 11.0. The van der Waals surface area contributed by atoms with Gasteiger partial charge in [0.25, 0.3) is 0 Å². The summed E-state index contributed by atoms with van der Waals surface area (Å²) in [4.78, 5) is 0. The van der Waals surface area contributed by atoms with E-state index in [0.29, 0.717) is 4.75 Å². The SMILES string of the molecule is SC(CC1CCCCC1)(CC1CCCCC1)CC1CCCCC1. The van der Waals surface area contributed by atoms with Gasteiger partial charge >= 0.3 is 0 Å². The molecule has 3 saturated carbocycles. The molecular weight excluding hydrogens is 296 g/mol. The third-order valence-corrected chi connectivity index (χ3v) is 7.73. The third kappa shape index (κ3) is 5.98. The van der Waals surface area contributed by atoms with E-state index in [9.17, 15) is 0 Å². The van der Waals surface area contributed by atoms with Crippen molar-refractivity contribution in [2.75, 3.05) is 0 Å². The molecule has 0 aromatic carbocycles. The second-order valence-electron chi connectivity index (χ2n) is 9.35. The fourth-order valence-electron chi connectivity index (χ4n) is 6.04. The maximum absolute atomic E-state index is 5.45. The van der Waals surface area contributed by atoms with Gasteiger partial charge in [-0.25, -0.2) is 0 Å². The maximum atomic E-state index is 5.45. The van der Waals surface area contributed by atoms with Gasteiger partial charge in [-0.3, -0.25) is 0 Å². The van der Waals surface area contributed by atoms with Crippen molar-refractivity contribution in [3.63, 3.8) is 0 Å². The van der Waals surface area contributed by atoms with Crippen molar-refractivity contribution in [2.45, 2.75) is 120 Å². The minimum absolute atomic E-state index is 0.367. The highest BCUT2D eigenvalue weighted by atomic mass is 32.1. The first kappa shape index (κ1) is 18.2. The van der Waals surface area contributed by atoms with Gasteiger partial charge in [0.1, 0.15) is 0 Å². The lowest BCUT2D eigenvalue weighted by atomic mass is 9.72. The number of hydrogen-bond acceptors (Lipinski definition) is 1. The van der Waals surface area contributed by atoms with Crippen molar-refractivity contribution >= 4 is 12.6 Å². The Morgan fingerprint density at radius 3 is 1.00 bits per heavy atom. The van der Waals surface area contributed by atoms with E-state index in [2.05, 4.69) is 0 Å². The molecule has 1 heteroatoms. The van der Waals surface area contributed by atoms with Crippen molar-refractivity contribution < 1.29 is 0 Å². The summed E-state index contributed by atoms with van der Waals surface area (Å²) in [7, 11) is 0. The second kappa shape index (κ2) is 9.16. The highest BCUT2D eigenvalue weighted by Gasteiger charge is 2.35. The quantitative estimate of drug-likeness (QED) is 0.475. The van der Waals surface area contributed by atoms with Crippen LogP contribution in [0.5, 0.6) is 0 Å². The van der Waals surface area contributed by atoms with Crippen LogP contribution in [0.4, 0.5) is 0 Å². The lowest BCUT2D eigenvalue weighted by Gasteiger charge is -2.40. The predicted molar refractivity (Wildman–Crippen MR) is 105 cm³/mol. The molecule has 0 atom stereocenters. The van der Waals surface area contributed by atoms with Gasteiger partial charge in [0.05, 0.1) is 0 Å². The molecule has 0 aromatic rings. The summed E-state index contributed by atoms with van der Waals surface area (Å²) in [6, 6.07) is 0. The van der Waals surface area contributed by atoms with E-state index >= 15 is 0 Å². The average molecular weight is 337 g/mol. The molecular formula is C22H40S. The van der Waals surface area contributed by atoms with E-state index < -0.39 is 0 Å². The van der Waals surface area contributed by atoms with Crippen LogP contribution in [0, 0.1) is 17.8 Å². The highest BCUT2D eigenvalue weighted by molar-refractivity contribution is 7.81. The van der Waals surface area contributed by atoms with Crippen molar-refractivity contribution in [1.82, 2.24) is 0 Å². The van der Waals surface area contributed by atoms with Crippen LogP contribution in [0.2, 0.25) is 0 Å². The molecule has 3 aliphatic carbocycles. The normalized spacial score (nSPS) is 26.5. The van der Waals surface area contributed by atoms with Crippen LogP contribution in [-0.2, 0) is 0 Å². The van der Waals surface area contributed by atoms with Crippen LogP contribution in [0.3, 0.4) is 0 Å². The topological polar surface area (TPSA) is 0 Å². The molecule has 0 N–H and O–H groups in total. The molecule has 0 nitrogen and oxygen atoms in total. The lowest BCUT2D eigenvalue weighted by molar-refractivity contribution is 0.211. The van der Waals surface area contributed by atoms with E-state index in [1.165, 1.54) is 116 Å². The molecule has 0 aromatic heterocycles. The third-order valence-electron chi connectivity index (χ3n) is 7.18. The Kier molecular flexibility index (Phi) is 7.23. The summed E-state index contributed by atoms with van der Waals surface area (Å²) < 4.78 is 0.367. The van der Waals surface area contributed by atoms with Crippen LogP contribution in [0.15, 0.2) is 0 Å². The highest BCUT2D eigenvalue weighted by Crippen LogP contribution is 2.45. The summed E-state index contributed by atoms with van der Waals surface area (Å²) >= 11 is 5.45. The molecule has 134 valence electrons. The van der Waals surface area contributed by atoms with Gasteiger partial charge in [-0.15, -0.1) is 0 Å². The van der Waals surface area contributed by atoms with Crippen LogP contribution in [0.25, 0.3) is 0 Å². The Hall–Kier alpha value is 0.350. The average Bonchev–Trinajstić information content (AvgIpc) is 2.57. The summed E-state index contributed by atoms with van der Waals surface area (Å²) in [6.45, 7) is 0. The zero-order valence-corrected chi connectivity index (χ0v) is 16.3. The smallest absolute Gasteiger partial charge is 0.0137 e. The molecule has 0 amide bonds. The molecule has 3 rings (SSSR count). The summed E-state index contributed by atoms with van der Waals surface area (Å²) in [5.74, 6) is 2.98. The molecule has 0 heterocycles. The lowest BCUT2D eigenvalue weighted by Crippen LogP contribution is -2.33. The predicted octanol–water partition coefficient (Wildman–Crippen LogP) is 7.57. The first-order chi connectivity index (χ1) is 11.2. The van der Waals surface area contributed by atoms with Crippen LogP contribution >= 0.6 is 12.6 Å². The zero-order valence-electron chi connectivity index (χ0n) is 15.4. The van der Waals surface area contributed by atoms with E-state index in [4.69, 9.17) is 12.6 Å². The molecule has 0 spiro atoms. The van der Waals surface area contributed by atoms with Crippen LogP contribution in [0.1, 0.15) is 116 Å². The molecule has 0 radical (unpaired) electrons. The Balaban J connectivity index is 1.59. The van der Waals surface area contributed by atoms with Crippen molar-refractivity contribution in [3.05, 3.63) is 0 Å². The monoisotopic (exact) mass is 336 g/mol. The van der Waals surface area contributed by atoms with Gasteiger partial charge in [-0.1, -0.05) is 96.3 Å². The van der Waals surface area contributed by atoms with Gasteiger partial charge in [-0.05, 0) is 37.0 Å². The second-order valence-corrected chi connectivity index (χ2v) is 10.3. The van der Waals surface area contributed by atoms with Gasteiger partial charge in [0, 0.05) is 4.75 Å². The largest absolute Gasteiger partial charge is 0.172 e. The van der Waals surface area contributed by atoms with E-state index in [-0.39, 0.29) is 0 Å². The first-order valence-corrected chi connectivity index (χ1v) is 11.4. The summed E-state index contributed by atoms with van der Waals surface area (Å²) in [5, 5.41) is 0. The summed E-state index contributed by atoms with van der Waals surface area (Å²) in [6.07, 6.45) is 26.7.